The maximum absolute atomic E-state index is 14.2. The molecule has 0 bridgehead atoms. The zero-order valence-corrected chi connectivity index (χ0v) is 14.5. The molecule has 1 atom stereocenters. The number of fused-ring (bicyclic) bond motifs is 2. The van der Waals surface area contributed by atoms with Crippen molar-refractivity contribution in [3.05, 3.63) is 65.7 Å². The number of halogens is 1. The van der Waals surface area contributed by atoms with Gasteiger partial charge in [-0.1, -0.05) is 35.6 Å². The molecule has 0 saturated heterocycles. The van der Waals surface area contributed by atoms with Crippen LogP contribution in [0.25, 0.3) is 10.2 Å². The van der Waals surface area contributed by atoms with Crippen LogP contribution in [0.1, 0.15) is 0 Å². The normalized spacial score (nSPS) is 16.7. The molecular formula is C19H15FN2O3S. The molecule has 26 heavy (non-hydrogen) atoms. The summed E-state index contributed by atoms with van der Waals surface area (Å²) in [7, 11) is 0. The largest absolute Gasteiger partial charge is 0.485 e. The van der Waals surface area contributed by atoms with Crippen molar-refractivity contribution in [2.45, 2.75) is 12.6 Å². The van der Waals surface area contributed by atoms with E-state index in [1.165, 1.54) is 17.4 Å². The fraction of sp³-hybridized carbons (Fsp3) is 0.158. The molecule has 2 heterocycles. The standard InChI is InChI=1S/C19H15FN2O3S/c1-2-10-22-17-12(20)6-5-9-16(17)26-19(22)21-18(23)15-11-24-13-7-3-4-8-14(13)25-15/h2-9,15H,1,10-11H2. The van der Waals surface area contributed by atoms with Crippen molar-refractivity contribution in [2.24, 2.45) is 4.99 Å². The van der Waals surface area contributed by atoms with Gasteiger partial charge in [-0.2, -0.15) is 4.99 Å². The predicted octanol–water partition coefficient (Wildman–Crippen LogP) is 3.30. The lowest BCUT2D eigenvalue weighted by Gasteiger charge is -2.23. The molecule has 3 aromatic rings. The first kappa shape index (κ1) is 16.5. The van der Waals surface area contributed by atoms with Crippen LogP contribution in [0.5, 0.6) is 11.5 Å². The number of ether oxygens (including phenoxy) is 2. The number of carbonyl (C=O) groups excluding carboxylic acids is 1. The highest BCUT2D eigenvalue weighted by atomic mass is 32.1. The smallest absolute Gasteiger partial charge is 0.292 e. The van der Waals surface area contributed by atoms with Crippen LogP contribution in [-0.4, -0.2) is 23.2 Å². The van der Waals surface area contributed by atoms with Gasteiger partial charge in [0.15, 0.2) is 16.3 Å². The third-order valence-electron chi connectivity index (χ3n) is 3.95. The second-order valence-corrected chi connectivity index (χ2v) is 6.69. The minimum Gasteiger partial charge on any atom is -0.485 e. The molecule has 0 saturated carbocycles. The minimum atomic E-state index is -0.836. The van der Waals surface area contributed by atoms with E-state index in [1.807, 2.05) is 6.07 Å². The van der Waals surface area contributed by atoms with E-state index in [-0.39, 0.29) is 12.4 Å². The first-order valence-corrected chi connectivity index (χ1v) is 8.85. The Labute approximate surface area is 152 Å². The summed E-state index contributed by atoms with van der Waals surface area (Å²) in [6.45, 7) is 4.13. The Morgan fingerprint density at radius 2 is 2.12 bits per heavy atom. The van der Waals surface area contributed by atoms with Crippen molar-refractivity contribution in [1.29, 1.82) is 0 Å². The van der Waals surface area contributed by atoms with Gasteiger partial charge in [-0.3, -0.25) is 4.79 Å². The summed E-state index contributed by atoms with van der Waals surface area (Å²) < 4.78 is 27.8. The zero-order chi connectivity index (χ0) is 18.1. The summed E-state index contributed by atoms with van der Waals surface area (Å²) in [5.41, 5.74) is 0.412. The van der Waals surface area contributed by atoms with E-state index in [4.69, 9.17) is 9.47 Å². The number of thiazole rings is 1. The van der Waals surface area contributed by atoms with Crippen LogP contribution >= 0.6 is 11.3 Å². The number of aromatic nitrogens is 1. The number of allylic oxidation sites excluding steroid dienone is 1. The Morgan fingerprint density at radius 3 is 2.92 bits per heavy atom. The lowest BCUT2D eigenvalue weighted by atomic mass is 10.2. The number of rotatable bonds is 3. The average molecular weight is 370 g/mol. The predicted molar refractivity (Wildman–Crippen MR) is 96.9 cm³/mol. The third-order valence-corrected chi connectivity index (χ3v) is 5.00. The number of nitrogens with zero attached hydrogens (tertiary/aromatic N) is 2. The molecule has 0 radical (unpaired) electrons. The maximum atomic E-state index is 14.2. The van der Waals surface area contributed by atoms with Crippen LogP contribution in [-0.2, 0) is 11.3 Å². The number of amides is 1. The van der Waals surface area contributed by atoms with Gasteiger partial charge in [0, 0.05) is 6.54 Å². The summed E-state index contributed by atoms with van der Waals surface area (Å²) in [5.74, 6) is 0.279. The SMILES string of the molecule is C=CCn1c(=NC(=O)C2COc3ccccc3O2)sc2cccc(F)c21. The average Bonchev–Trinajstić information content (AvgIpc) is 3.00. The molecule has 1 unspecified atom stereocenters. The van der Waals surface area contributed by atoms with Gasteiger partial charge in [0.1, 0.15) is 12.4 Å². The van der Waals surface area contributed by atoms with Gasteiger partial charge in [-0.05, 0) is 24.3 Å². The summed E-state index contributed by atoms with van der Waals surface area (Å²) in [4.78, 5) is 17.2. The van der Waals surface area contributed by atoms with Gasteiger partial charge >= 0.3 is 0 Å². The summed E-state index contributed by atoms with van der Waals surface area (Å²) in [6.07, 6.45) is 0.801. The van der Waals surface area contributed by atoms with Gasteiger partial charge in [0.25, 0.3) is 5.91 Å². The third kappa shape index (κ3) is 2.90. The maximum Gasteiger partial charge on any atom is 0.292 e. The van der Waals surface area contributed by atoms with E-state index in [2.05, 4.69) is 11.6 Å². The Hall–Kier alpha value is -2.93. The molecule has 1 aliphatic heterocycles. The quantitative estimate of drug-likeness (QED) is 0.665. The fourth-order valence-corrected chi connectivity index (χ4v) is 3.84. The lowest BCUT2D eigenvalue weighted by molar-refractivity contribution is -0.127. The molecule has 7 heteroatoms. The van der Waals surface area contributed by atoms with Crippen LogP contribution in [0.4, 0.5) is 4.39 Å². The van der Waals surface area contributed by atoms with Crippen LogP contribution < -0.4 is 14.3 Å². The lowest BCUT2D eigenvalue weighted by Crippen LogP contribution is -2.36. The van der Waals surface area contributed by atoms with E-state index in [1.54, 1.807) is 41.0 Å². The molecule has 5 nitrogen and oxygen atoms in total. The van der Waals surface area contributed by atoms with Crippen LogP contribution in [0.2, 0.25) is 0 Å². The zero-order valence-electron chi connectivity index (χ0n) is 13.7. The second-order valence-electron chi connectivity index (χ2n) is 5.68. The molecular weight excluding hydrogens is 355 g/mol. The topological polar surface area (TPSA) is 52.8 Å². The monoisotopic (exact) mass is 370 g/mol. The van der Waals surface area contributed by atoms with E-state index in [0.717, 1.165) is 0 Å². The van der Waals surface area contributed by atoms with Crippen molar-refractivity contribution in [2.75, 3.05) is 6.61 Å². The number of hydrogen-bond donors (Lipinski definition) is 0. The molecule has 1 amide bonds. The molecule has 0 fully saturated rings. The molecule has 4 rings (SSSR count). The van der Waals surface area contributed by atoms with Crippen molar-refractivity contribution < 1.29 is 18.7 Å². The van der Waals surface area contributed by atoms with Crippen molar-refractivity contribution in [3.63, 3.8) is 0 Å². The Morgan fingerprint density at radius 1 is 1.31 bits per heavy atom. The molecule has 1 aromatic heterocycles. The molecule has 132 valence electrons. The molecule has 2 aromatic carbocycles. The van der Waals surface area contributed by atoms with E-state index in [0.29, 0.717) is 33.1 Å². The molecule has 0 N–H and O–H groups in total. The van der Waals surface area contributed by atoms with E-state index in [9.17, 15) is 9.18 Å². The van der Waals surface area contributed by atoms with Gasteiger partial charge in [0.05, 0.1) is 10.2 Å². The highest BCUT2D eigenvalue weighted by Crippen LogP contribution is 2.31. The van der Waals surface area contributed by atoms with Gasteiger partial charge in [-0.15, -0.1) is 6.58 Å². The first-order valence-electron chi connectivity index (χ1n) is 8.03. The molecule has 0 aliphatic carbocycles. The van der Waals surface area contributed by atoms with Gasteiger partial charge in [0.2, 0.25) is 6.10 Å². The second kappa shape index (κ2) is 6.76. The fourth-order valence-electron chi connectivity index (χ4n) is 2.78. The Kier molecular flexibility index (Phi) is 4.30. The van der Waals surface area contributed by atoms with Crippen LogP contribution in [0, 0.1) is 5.82 Å². The highest BCUT2D eigenvalue weighted by Gasteiger charge is 2.27. The Bertz CT molecular complexity index is 1070. The minimum absolute atomic E-state index is 0.0834. The summed E-state index contributed by atoms with van der Waals surface area (Å²) >= 11 is 1.25. The number of hydrogen-bond acceptors (Lipinski definition) is 4. The first-order chi connectivity index (χ1) is 12.7. The van der Waals surface area contributed by atoms with Crippen LogP contribution in [0.15, 0.2) is 60.1 Å². The van der Waals surface area contributed by atoms with Crippen LogP contribution in [0.3, 0.4) is 0 Å². The molecule has 0 spiro atoms. The van der Waals surface area contributed by atoms with Crippen molar-refractivity contribution >= 4 is 27.5 Å². The number of para-hydroxylation sites is 3. The Balaban J connectivity index is 1.72. The van der Waals surface area contributed by atoms with E-state index < -0.39 is 12.0 Å². The molecule has 1 aliphatic rings. The number of benzene rings is 2. The van der Waals surface area contributed by atoms with Gasteiger partial charge in [-0.25, -0.2) is 4.39 Å². The van der Waals surface area contributed by atoms with Crippen molar-refractivity contribution in [1.82, 2.24) is 4.57 Å². The van der Waals surface area contributed by atoms with Crippen molar-refractivity contribution in [3.8, 4) is 11.5 Å². The highest BCUT2D eigenvalue weighted by molar-refractivity contribution is 7.16. The summed E-state index contributed by atoms with van der Waals surface area (Å²) in [6, 6.07) is 12.0. The number of carbonyl (C=O) groups is 1. The van der Waals surface area contributed by atoms with E-state index >= 15 is 0 Å². The summed E-state index contributed by atoms with van der Waals surface area (Å²) in [5, 5.41) is 0. The van der Waals surface area contributed by atoms with Gasteiger partial charge < -0.3 is 14.0 Å².